The summed E-state index contributed by atoms with van der Waals surface area (Å²) in [4.78, 5) is 18.5. The number of nitrogens with one attached hydrogen (secondary N) is 1. The summed E-state index contributed by atoms with van der Waals surface area (Å²) in [5.74, 6) is 0.117. The van der Waals surface area contributed by atoms with Crippen LogP contribution in [0.25, 0.3) is 0 Å². The van der Waals surface area contributed by atoms with Crippen LogP contribution in [-0.2, 0) is 30.5 Å². The van der Waals surface area contributed by atoms with E-state index in [4.69, 9.17) is 17.5 Å². The molecule has 41 heavy (non-hydrogen) atoms. The zero-order valence-electron chi connectivity index (χ0n) is 23.2. The molecular weight excluding hydrogens is 547 g/mol. The Bertz CT molecular complexity index is 1400. The molecule has 0 unspecified atom stereocenters. The molecule has 4 rings (SSSR count). The van der Waals surface area contributed by atoms with E-state index in [1.807, 2.05) is 30.5 Å². The molecule has 6 nitrogen and oxygen atoms in total. The molecule has 1 heterocycles. The number of benzene rings is 2. The number of hydrazine groups is 1. The van der Waals surface area contributed by atoms with Crippen molar-refractivity contribution in [1.82, 2.24) is 20.0 Å². The molecule has 1 aliphatic carbocycles. The lowest BCUT2D eigenvalue weighted by Crippen LogP contribution is -2.50. The summed E-state index contributed by atoms with van der Waals surface area (Å²) in [7, 11) is 0. The van der Waals surface area contributed by atoms with Gasteiger partial charge in [-0.2, -0.15) is 18.4 Å². The van der Waals surface area contributed by atoms with Gasteiger partial charge in [-0.15, -0.1) is 0 Å². The predicted octanol–water partition coefficient (Wildman–Crippen LogP) is 6.48. The fraction of sp³-hybridized carbons (Fsp3) is 0.419. The zero-order chi connectivity index (χ0) is 29.6. The van der Waals surface area contributed by atoms with Crippen LogP contribution in [0.15, 0.2) is 61.1 Å². The molecule has 1 fully saturated rings. The molecule has 0 bridgehead atoms. The number of hydrogen-bond donors (Lipinski definition) is 1. The van der Waals surface area contributed by atoms with Crippen molar-refractivity contribution in [3.63, 3.8) is 0 Å². The predicted molar refractivity (Wildman–Crippen MR) is 155 cm³/mol. The Balaban J connectivity index is 1.48. The van der Waals surface area contributed by atoms with Crippen molar-refractivity contribution in [3.8, 4) is 6.07 Å². The molecule has 0 amide bonds. The largest absolute Gasteiger partial charge is 0.416 e. The third-order valence-corrected chi connectivity index (χ3v) is 8.19. The summed E-state index contributed by atoms with van der Waals surface area (Å²) in [6.45, 7) is 4.34. The standard InChI is InChI=1S/C31H34F3N5OS/c1-30(2,28(40)15-26-18-36-21-38(26)19-23-13-11-22(16-35)12-14-23)20-39(29(41)24-7-3-4-8-24)37-17-25-9-5-6-10-27(25)31(32,33)34/h5-6,9-14,18,21,24,37H,3-4,7-8,15,17,19-20H2,1-2H3. The molecule has 1 saturated carbocycles. The van der Waals surface area contributed by atoms with Crippen LogP contribution in [0.5, 0.6) is 0 Å². The highest BCUT2D eigenvalue weighted by molar-refractivity contribution is 7.80. The normalized spacial score (nSPS) is 14.1. The Hall–Kier alpha value is -3.55. The monoisotopic (exact) mass is 581 g/mol. The highest BCUT2D eigenvalue weighted by Crippen LogP contribution is 2.33. The fourth-order valence-corrected chi connectivity index (χ4v) is 5.51. The summed E-state index contributed by atoms with van der Waals surface area (Å²) in [6, 6.07) is 14.8. The minimum Gasteiger partial charge on any atom is -0.330 e. The first kappa shape index (κ1) is 30.4. The number of imidazole rings is 1. The van der Waals surface area contributed by atoms with Gasteiger partial charge in [0.25, 0.3) is 0 Å². The lowest BCUT2D eigenvalue weighted by molar-refractivity contribution is -0.138. The maximum atomic E-state index is 13.6. The second-order valence-corrected chi connectivity index (χ2v) is 11.6. The van der Waals surface area contributed by atoms with E-state index in [2.05, 4.69) is 16.5 Å². The third-order valence-electron chi connectivity index (χ3n) is 7.64. The number of hydrogen-bond acceptors (Lipinski definition) is 5. The van der Waals surface area contributed by atoms with Crippen LogP contribution < -0.4 is 5.43 Å². The minimum absolute atomic E-state index is 0.0317. The van der Waals surface area contributed by atoms with Crippen molar-refractivity contribution in [3.05, 3.63) is 89.0 Å². The second kappa shape index (κ2) is 13.0. The smallest absolute Gasteiger partial charge is 0.330 e. The second-order valence-electron chi connectivity index (χ2n) is 11.2. The Morgan fingerprint density at radius 2 is 1.83 bits per heavy atom. The summed E-state index contributed by atoms with van der Waals surface area (Å²) < 4.78 is 42.7. The molecule has 0 saturated heterocycles. The van der Waals surface area contributed by atoms with E-state index < -0.39 is 17.2 Å². The Kier molecular flexibility index (Phi) is 9.61. The summed E-state index contributed by atoms with van der Waals surface area (Å²) >= 11 is 5.83. The van der Waals surface area contributed by atoms with Crippen molar-refractivity contribution >= 4 is 23.0 Å². The van der Waals surface area contributed by atoms with E-state index in [9.17, 15) is 18.0 Å². The van der Waals surface area contributed by atoms with Gasteiger partial charge in [0.05, 0.1) is 28.5 Å². The summed E-state index contributed by atoms with van der Waals surface area (Å²) in [5, 5.41) is 10.8. The van der Waals surface area contributed by atoms with E-state index in [1.54, 1.807) is 35.7 Å². The van der Waals surface area contributed by atoms with Gasteiger partial charge in [0.15, 0.2) is 0 Å². The molecule has 0 atom stereocenters. The van der Waals surface area contributed by atoms with Gasteiger partial charge in [0.1, 0.15) is 5.78 Å². The van der Waals surface area contributed by atoms with Crippen LogP contribution in [0, 0.1) is 22.7 Å². The van der Waals surface area contributed by atoms with E-state index in [-0.39, 0.29) is 36.8 Å². The number of halogens is 3. The van der Waals surface area contributed by atoms with Gasteiger partial charge < -0.3 is 9.58 Å². The highest BCUT2D eigenvalue weighted by Gasteiger charge is 2.35. The van der Waals surface area contributed by atoms with Crippen LogP contribution in [0.2, 0.25) is 0 Å². The van der Waals surface area contributed by atoms with Gasteiger partial charge in [-0.3, -0.25) is 4.79 Å². The molecule has 0 radical (unpaired) electrons. The molecule has 1 aliphatic rings. The lowest BCUT2D eigenvalue weighted by Gasteiger charge is -2.36. The first-order chi connectivity index (χ1) is 19.5. The van der Waals surface area contributed by atoms with Gasteiger partial charge in [-0.1, -0.05) is 69.2 Å². The van der Waals surface area contributed by atoms with E-state index in [0.29, 0.717) is 17.1 Å². The Morgan fingerprint density at radius 3 is 2.49 bits per heavy atom. The number of aromatic nitrogens is 2. The Morgan fingerprint density at radius 1 is 1.15 bits per heavy atom. The first-order valence-electron chi connectivity index (χ1n) is 13.7. The molecule has 216 valence electrons. The summed E-state index contributed by atoms with van der Waals surface area (Å²) in [5.41, 5.74) is 4.03. The van der Waals surface area contributed by atoms with Crippen LogP contribution in [0.3, 0.4) is 0 Å². The molecule has 1 N–H and O–H groups in total. The molecule has 3 aromatic rings. The number of rotatable bonds is 11. The number of alkyl halides is 3. The number of carbonyl (C=O) groups is 1. The maximum Gasteiger partial charge on any atom is 0.416 e. The number of thiocarbonyl (C=S) groups is 1. The van der Waals surface area contributed by atoms with Crippen LogP contribution in [0.4, 0.5) is 13.2 Å². The lowest BCUT2D eigenvalue weighted by atomic mass is 9.85. The van der Waals surface area contributed by atoms with Crippen LogP contribution in [-0.4, -0.2) is 31.9 Å². The molecule has 0 spiro atoms. The minimum atomic E-state index is -4.47. The van der Waals surface area contributed by atoms with Crippen LogP contribution in [0.1, 0.15) is 67.5 Å². The van der Waals surface area contributed by atoms with Crippen LogP contribution >= 0.6 is 12.2 Å². The molecule has 10 heteroatoms. The third kappa shape index (κ3) is 7.80. The number of Topliss-reactive ketones (excluding diaryl/α,β-unsaturated/α-hetero) is 1. The van der Waals surface area contributed by atoms with Gasteiger partial charge in [0, 0.05) is 49.3 Å². The number of nitriles is 1. The average molecular weight is 582 g/mol. The van der Waals surface area contributed by atoms with Crippen molar-refractivity contribution in [2.45, 2.75) is 65.2 Å². The van der Waals surface area contributed by atoms with Gasteiger partial charge in [-0.05, 0) is 42.2 Å². The number of carbonyl (C=O) groups excluding carboxylic acids is 1. The van der Waals surface area contributed by atoms with E-state index >= 15 is 0 Å². The van der Waals surface area contributed by atoms with Gasteiger partial charge >= 0.3 is 6.18 Å². The van der Waals surface area contributed by atoms with Crippen molar-refractivity contribution in [2.75, 3.05) is 6.54 Å². The Labute approximate surface area is 244 Å². The molecule has 1 aromatic heterocycles. The van der Waals surface area contributed by atoms with Gasteiger partial charge in [-0.25, -0.2) is 10.4 Å². The zero-order valence-corrected chi connectivity index (χ0v) is 24.1. The first-order valence-corrected chi connectivity index (χ1v) is 14.1. The number of ketones is 1. The quantitative estimate of drug-likeness (QED) is 0.206. The molecule has 0 aliphatic heterocycles. The van der Waals surface area contributed by atoms with Crippen molar-refractivity contribution in [2.24, 2.45) is 11.3 Å². The molecular formula is C31H34F3N5OS. The maximum absolute atomic E-state index is 13.6. The topological polar surface area (TPSA) is 74.0 Å². The van der Waals surface area contributed by atoms with Crippen molar-refractivity contribution < 1.29 is 18.0 Å². The van der Waals surface area contributed by atoms with E-state index in [1.165, 1.54) is 12.1 Å². The number of nitrogens with zero attached hydrogens (tertiary/aromatic N) is 4. The highest BCUT2D eigenvalue weighted by atomic mass is 32.1. The molecule has 2 aromatic carbocycles. The van der Waals surface area contributed by atoms with E-state index in [0.717, 1.165) is 43.0 Å². The summed E-state index contributed by atoms with van der Waals surface area (Å²) in [6.07, 6.45) is 3.00. The van der Waals surface area contributed by atoms with Crippen molar-refractivity contribution in [1.29, 1.82) is 5.26 Å². The van der Waals surface area contributed by atoms with Gasteiger partial charge in [0.2, 0.25) is 0 Å². The SMILES string of the molecule is CC(C)(CN(NCc1ccccc1C(F)(F)F)C(=S)C1CCCC1)C(=O)Cc1cncn1Cc1ccc(C#N)cc1. The average Bonchev–Trinajstić information content (AvgIpc) is 3.63. The fourth-order valence-electron chi connectivity index (χ4n) is 5.14.